The van der Waals surface area contributed by atoms with E-state index in [4.69, 9.17) is 10.5 Å². The standard InChI is InChI=1S/C19H15F4N3O/c1-10-13(6-11-4-5-26-19(24)17(11)21)8-25-9-16(10)27-15-3-2-12(18(22)23)7-14(15)20/h2-5,7-9,18H,6H2,1H3,(H2,24,26). The van der Waals surface area contributed by atoms with E-state index in [-0.39, 0.29) is 23.7 Å². The summed E-state index contributed by atoms with van der Waals surface area (Å²) in [6, 6.07) is 4.44. The second kappa shape index (κ2) is 7.61. The van der Waals surface area contributed by atoms with Gasteiger partial charge in [0.25, 0.3) is 6.43 Å². The summed E-state index contributed by atoms with van der Waals surface area (Å²) in [6.07, 6.45) is 1.71. The highest BCUT2D eigenvalue weighted by Crippen LogP contribution is 2.31. The fraction of sp³-hybridized carbons (Fsp3) is 0.158. The van der Waals surface area contributed by atoms with E-state index in [9.17, 15) is 17.6 Å². The number of halogens is 4. The largest absolute Gasteiger partial charge is 0.452 e. The zero-order chi connectivity index (χ0) is 19.6. The molecule has 0 saturated carbocycles. The molecule has 0 aliphatic heterocycles. The van der Waals surface area contributed by atoms with Crippen molar-refractivity contribution in [2.24, 2.45) is 0 Å². The first-order valence-corrected chi connectivity index (χ1v) is 7.94. The minimum absolute atomic E-state index is 0.182. The minimum atomic E-state index is -2.78. The maximum absolute atomic E-state index is 14.1. The number of rotatable bonds is 5. The Morgan fingerprint density at radius 3 is 2.56 bits per heavy atom. The van der Waals surface area contributed by atoms with Crippen LogP contribution in [0, 0.1) is 18.6 Å². The van der Waals surface area contributed by atoms with Gasteiger partial charge in [-0.15, -0.1) is 0 Å². The van der Waals surface area contributed by atoms with Crippen molar-refractivity contribution in [3.05, 3.63) is 76.7 Å². The highest BCUT2D eigenvalue weighted by atomic mass is 19.3. The molecule has 2 N–H and O–H groups in total. The van der Waals surface area contributed by atoms with Crippen molar-refractivity contribution in [1.82, 2.24) is 9.97 Å². The number of pyridine rings is 2. The van der Waals surface area contributed by atoms with Crippen molar-refractivity contribution in [1.29, 1.82) is 0 Å². The Morgan fingerprint density at radius 1 is 1.07 bits per heavy atom. The molecule has 0 saturated heterocycles. The van der Waals surface area contributed by atoms with E-state index in [1.165, 1.54) is 24.7 Å². The van der Waals surface area contributed by atoms with Crippen LogP contribution in [0.3, 0.4) is 0 Å². The van der Waals surface area contributed by atoms with Gasteiger partial charge in [0.05, 0.1) is 6.20 Å². The summed E-state index contributed by atoms with van der Waals surface area (Å²) >= 11 is 0. The maximum atomic E-state index is 14.1. The molecule has 0 fully saturated rings. The summed E-state index contributed by atoms with van der Waals surface area (Å²) in [5, 5.41) is 0. The first kappa shape index (κ1) is 18.6. The second-order valence-electron chi connectivity index (χ2n) is 5.86. The molecule has 2 aromatic heterocycles. The van der Waals surface area contributed by atoms with Crippen LogP contribution in [0.5, 0.6) is 11.5 Å². The molecular weight excluding hydrogens is 362 g/mol. The van der Waals surface area contributed by atoms with Crippen LogP contribution in [0.2, 0.25) is 0 Å². The maximum Gasteiger partial charge on any atom is 0.263 e. The van der Waals surface area contributed by atoms with E-state index in [1.54, 1.807) is 6.92 Å². The van der Waals surface area contributed by atoms with Crippen LogP contribution < -0.4 is 10.5 Å². The zero-order valence-corrected chi connectivity index (χ0v) is 14.2. The van der Waals surface area contributed by atoms with Crippen LogP contribution in [-0.4, -0.2) is 9.97 Å². The number of hydrogen-bond donors (Lipinski definition) is 1. The summed E-state index contributed by atoms with van der Waals surface area (Å²) < 4.78 is 58.8. The topological polar surface area (TPSA) is 61.0 Å². The lowest BCUT2D eigenvalue weighted by atomic mass is 10.0. The summed E-state index contributed by atoms with van der Waals surface area (Å²) in [5.74, 6) is -1.70. The van der Waals surface area contributed by atoms with Crippen LogP contribution in [0.15, 0.2) is 42.9 Å². The lowest BCUT2D eigenvalue weighted by Crippen LogP contribution is -2.02. The van der Waals surface area contributed by atoms with Crippen LogP contribution in [-0.2, 0) is 6.42 Å². The van der Waals surface area contributed by atoms with Crippen LogP contribution in [0.4, 0.5) is 23.4 Å². The molecule has 0 aliphatic rings. The normalized spacial score (nSPS) is 11.0. The molecule has 3 aromatic rings. The van der Waals surface area contributed by atoms with Gasteiger partial charge in [-0.3, -0.25) is 4.98 Å². The number of nitrogen functional groups attached to an aromatic ring is 1. The summed E-state index contributed by atoms with van der Waals surface area (Å²) in [4.78, 5) is 7.70. The third kappa shape index (κ3) is 3.99. The Balaban J connectivity index is 1.88. The SMILES string of the molecule is Cc1c(Cc2ccnc(N)c2F)cncc1Oc1ccc(C(F)F)cc1F. The molecule has 1 aromatic carbocycles. The lowest BCUT2D eigenvalue weighted by Gasteiger charge is -2.13. The van der Waals surface area contributed by atoms with Crippen LogP contribution >= 0.6 is 0 Å². The number of aromatic nitrogens is 2. The van der Waals surface area contributed by atoms with Crippen molar-refractivity contribution in [3.8, 4) is 11.5 Å². The van der Waals surface area contributed by atoms with Gasteiger partial charge in [0.15, 0.2) is 23.2 Å². The molecule has 0 aliphatic carbocycles. The lowest BCUT2D eigenvalue weighted by molar-refractivity contribution is 0.151. The number of alkyl halides is 2. The van der Waals surface area contributed by atoms with E-state index in [0.717, 1.165) is 18.2 Å². The number of anilines is 1. The molecule has 0 unspecified atom stereocenters. The van der Waals surface area contributed by atoms with Crippen molar-refractivity contribution in [3.63, 3.8) is 0 Å². The summed E-state index contributed by atoms with van der Waals surface area (Å²) in [6.45, 7) is 1.71. The summed E-state index contributed by atoms with van der Waals surface area (Å²) in [7, 11) is 0. The number of nitrogens with zero attached hydrogens (tertiary/aromatic N) is 2. The van der Waals surface area contributed by atoms with Gasteiger partial charge in [-0.05, 0) is 47.9 Å². The van der Waals surface area contributed by atoms with E-state index in [1.807, 2.05) is 0 Å². The Labute approximate surface area is 152 Å². The quantitative estimate of drug-likeness (QED) is 0.638. The van der Waals surface area contributed by atoms with E-state index < -0.39 is 23.6 Å². The average molecular weight is 377 g/mol. The predicted octanol–water partition coefficient (Wildman–Crippen LogP) is 4.97. The van der Waals surface area contributed by atoms with E-state index in [2.05, 4.69) is 9.97 Å². The number of nitrogens with two attached hydrogens (primary N) is 1. The van der Waals surface area contributed by atoms with Crippen molar-refractivity contribution < 1.29 is 22.3 Å². The van der Waals surface area contributed by atoms with Gasteiger partial charge in [0.2, 0.25) is 0 Å². The minimum Gasteiger partial charge on any atom is -0.452 e. The number of ether oxygens (including phenoxy) is 1. The van der Waals surface area contributed by atoms with Gasteiger partial charge < -0.3 is 10.5 Å². The Hall–Kier alpha value is -3.16. The first-order chi connectivity index (χ1) is 12.9. The summed E-state index contributed by atoms with van der Waals surface area (Å²) in [5.41, 5.74) is 6.62. The Kier molecular flexibility index (Phi) is 5.25. The smallest absolute Gasteiger partial charge is 0.263 e. The fourth-order valence-electron chi connectivity index (χ4n) is 2.53. The van der Waals surface area contributed by atoms with Crippen molar-refractivity contribution in [2.45, 2.75) is 19.8 Å². The highest BCUT2D eigenvalue weighted by molar-refractivity contribution is 5.44. The second-order valence-corrected chi connectivity index (χ2v) is 5.86. The molecule has 140 valence electrons. The monoisotopic (exact) mass is 377 g/mol. The van der Waals surface area contributed by atoms with E-state index in [0.29, 0.717) is 16.7 Å². The number of benzene rings is 1. The third-order valence-electron chi connectivity index (χ3n) is 4.08. The van der Waals surface area contributed by atoms with Gasteiger partial charge in [-0.1, -0.05) is 0 Å². The molecular formula is C19H15F4N3O. The average Bonchev–Trinajstić information content (AvgIpc) is 2.63. The van der Waals surface area contributed by atoms with Crippen LogP contribution in [0.1, 0.15) is 28.7 Å². The van der Waals surface area contributed by atoms with Gasteiger partial charge >= 0.3 is 0 Å². The van der Waals surface area contributed by atoms with Crippen molar-refractivity contribution in [2.75, 3.05) is 5.73 Å². The first-order valence-electron chi connectivity index (χ1n) is 7.94. The highest BCUT2D eigenvalue weighted by Gasteiger charge is 2.15. The molecule has 8 heteroatoms. The molecule has 27 heavy (non-hydrogen) atoms. The molecule has 0 atom stereocenters. The van der Waals surface area contributed by atoms with Gasteiger partial charge in [0.1, 0.15) is 5.75 Å². The van der Waals surface area contributed by atoms with Gasteiger partial charge in [-0.25, -0.2) is 22.5 Å². The Morgan fingerprint density at radius 2 is 1.85 bits per heavy atom. The van der Waals surface area contributed by atoms with Crippen LogP contribution in [0.25, 0.3) is 0 Å². The predicted molar refractivity (Wildman–Crippen MR) is 91.8 cm³/mol. The molecule has 0 bridgehead atoms. The molecule has 0 spiro atoms. The zero-order valence-electron chi connectivity index (χ0n) is 14.2. The molecule has 3 rings (SSSR count). The van der Waals surface area contributed by atoms with E-state index >= 15 is 0 Å². The molecule has 4 nitrogen and oxygen atoms in total. The molecule has 2 heterocycles. The molecule has 0 radical (unpaired) electrons. The third-order valence-corrected chi connectivity index (χ3v) is 4.08. The Bertz CT molecular complexity index is 979. The van der Waals surface area contributed by atoms with Crippen molar-refractivity contribution >= 4 is 5.82 Å². The molecule has 0 amide bonds. The van der Waals surface area contributed by atoms with Gasteiger partial charge in [0, 0.05) is 24.4 Å². The number of hydrogen-bond acceptors (Lipinski definition) is 4. The fourth-order valence-corrected chi connectivity index (χ4v) is 2.53. The van der Waals surface area contributed by atoms with Gasteiger partial charge in [-0.2, -0.15) is 0 Å².